The number of carbonyl (C=O) groups is 1. The van der Waals surface area contributed by atoms with E-state index in [0.717, 1.165) is 5.56 Å². The number of rotatable bonds is 4. The fourth-order valence-corrected chi connectivity index (χ4v) is 3.67. The summed E-state index contributed by atoms with van der Waals surface area (Å²) in [6.07, 6.45) is 0. The fourth-order valence-electron chi connectivity index (χ4n) is 3.23. The summed E-state index contributed by atoms with van der Waals surface area (Å²) in [6, 6.07) is 19.5. The van der Waals surface area contributed by atoms with Gasteiger partial charge in [0.05, 0.1) is 10.6 Å². The van der Waals surface area contributed by atoms with Crippen LogP contribution in [0.1, 0.15) is 10.6 Å². The first kappa shape index (κ1) is 20.3. The minimum absolute atomic E-state index is 0.152. The van der Waals surface area contributed by atoms with Crippen LogP contribution in [-0.2, 0) is 0 Å². The molecule has 5 rings (SSSR count). The van der Waals surface area contributed by atoms with Crippen molar-refractivity contribution in [2.75, 3.05) is 5.32 Å². The topological polar surface area (TPSA) is 68.3 Å². The molecule has 0 atom stereocenters. The Morgan fingerprint density at radius 2 is 1.81 bits per heavy atom. The van der Waals surface area contributed by atoms with E-state index in [0.29, 0.717) is 33.1 Å². The van der Waals surface area contributed by atoms with Crippen LogP contribution in [0.3, 0.4) is 0 Å². The van der Waals surface area contributed by atoms with Crippen LogP contribution in [0.15, 0.2) is 81.6 Å². The Morgan fingerprint density at radius 3 is 2.62 bits per heavy atom. The van der Waals surface area contributed by atoms with Crippen molar-refractivity contribution in [2.24, 2.45) is 0 Å². The van der Waals surface area contributed by atoms with Gasteiger partial charge in [0, 0.05) is 16.3 Å². The maximum absolute atomic E-state index is 13.3. The van der Waals surface area contributed by atoms with E-state index in [9.17, 15) is 9.18 Å². The van der Waals surface area contributed by atoms with Crippen LogP contribution in [0.5, 0.6) is 0 Å². The number of oxazole rings is 1. The Bertz CT molecular complexity index is 1480. The van der Waals surface area contributed by atoms with E-state index >= 15 is 0 Å². The van der Waals surface area contributed by atoms with Crippen molar-refractivity contribution in [3.63, 3.8) is 0 Å². The highest BCUT2D eigenvalue weighted by molar-refractivity contribution is 6.33. The predicted molar refractivity (Wildman–Crippen MR) is 122 cm³/mol. The van der Waals surface area contributed by atoms with Gasteiger partial charge < -0.3 is 14.2 Å². The molecule has 0 aliphatic rings. The van der Waals surface area contributed by atoms with Gasteiger partial charge in [-0.25, -0.2) is 9.37 Å². The zero-order valence-corrected chi connectivity index (χ0v) is 17.7. The molecule has 32 heavy (non-hydrogen) atoms. The van der Waals surface area contributed by atoms with Gasteiger partial charge in [-0.1, -0.05) is 35.3 Å². The quantitative estimate of drug-likeness (QED) is 0.298. The van der Waals surface area contributed by atoms with Crippen LogP contribution in [-0.4, -0.2) is 10.9 Å². The lowest BCUT2D eigenvalue weighted by molar-refractivity contribution is 0.0997. The lowest BCUT2D eigenvalue weighted by atomic mass is 10.2. The third-order valence-electron chi connectivity index (χ3n) is 4.75. The summed E-state index contributed by atoms with van der Waals surface area (Å²) in [4.78, 5) is 17.0. The fraction of sp³-hybridized carbons (Fsp3) is 0. The summed E-state index contributed by atoms with van der Waals surface area (Å²) >= 11 is 12.1. The largest absolute Gasteiger partial charge is 0.451 e. The molecule has 158 valence electrons. The van der Waals surface area contributed by atoms with Crippen molar-refractivity contribution in [1.82, 2.24) is 4.98 Å². The Balaban J connectivity index is 1.38. The molecule has 0 fully saturated rings. The second-order valence-corrected chi connectivity index (χ2v) is 7.80. The number of aromatic nitrogens is 1. The van der Waals surface area contributed by atoms with E-state index in [1.54, 1.807) is 48.5 Å². The van der Waals surface area contributed by atoms with Gasteiger partial charge in [0.1, 0.15) is 17.1 Å². The molecule has 3 aromatic carbocycles. The first-order valence-corrected chi connectivity index (χ1v) is 10.2. The van der Waals surface area contributed by atoms with Crippen molar-refractivity contribution in [3.05, 3.63) is 94.4 Å². The van der Waals surface area contributed by atoms with Gasteiger partial charge in [0.15, 0.2) is 11.3 Å². The van der Waals surface area contributed by atoms with E-state index in [4.69, 9.17) is 32.0 Å². The highest BCUT2D eigenvalue weighted by Crippen LogP contribution is 2.31. The Kier molecular flexibility index (Phi) is 5.17. The number of hydrogen-bond acceptors (Lipinski definition) is 4. The lowest BCUT2D eigenvalue weighted by Gasteiger charge is -2.03. The maximum Gasteiger partial charge on any atom is 0.291 e. The van der Waals surface area contributed by atoms with E-state index in [1.807, 2.05) is 6.07 Å². The Hall–Kier alpha value is -3.61. The number of carbonyl (C=O) groups excluding carboxylic acids is 1. The van der Waals surface area contributed by atoms with Crippen molar-refractivity contribution >= 4 is 45.9 Å². The Labute approximate surface area is 191 Å². The van der Waals surface area contributed by atoms with Crippen LogP contribution in [0.4, 0.5) is 10.1 Å². The molecule has 1 amide bonds. The first-order chi connectivity index (χ1) is 15.5. The summed E-state index contributed by atoms with van der Waals surface area (Å²) in [6.45, 7) is 0. The van der Waals surface area contributed by atoms with Gasteiger partial charge in [-0.05, 0) is 60.7 Å². The van der Waals surface area contributed by atoms with Crippen LogP contribution >= 0.6 is 23.2 Å². The maximum atomic E-state index is 13.3. The number of fused-ring (bicyclic) bond motifs is 1. The van der Waals surface area contributed by atoms with Gasteiger partial charge in [0.2, 0.25) is 5.89 Å². The van der Waals surface area contributed by atoms with Crippen molar-refractivity contribution < 1.29 is 18.0 Å². The lowest BCUT2D eigenvalue weighted by Crippen LogP contribution is -2.10. The molecular formula is C24H13Cl2FN2O3. The highest BCUT2D eigenvalue weighted by Gasteiger charge is 2.16. The van der Waals surface area contributed by atoms with Gasteiger partial charge in [-0.2, -0.15) is 0 Å². The Morgan fingerprint density at radius 1 is 0.938 bits per heavy atom. The predicted octanol–water partition coefficient (Wildman–Crippen LogP) is 7.45. The van der Waals surface area contributed by atoms with Crippen LogP contribution in [0.25, 0.3) is 33.9 Å². The molecule has 0 saturated carbocycles. The SMILES string of the molecule is O=C(Nc1ccc2oc(-c3ccc(F)cc3Cl)nc2c1)c1ccc(-c2cccc(Cl)c2)o1. The smallest absolute Gasteiger partial charge is 0.291 e. The monoisotopic (exact) mass is 466 g/mol. The van der Waals surface area contributed by atoms with Gasteiger partial charge in [-0.3, -0.25) is 4.79 Å². The number of hydrogen-bond donors (Lipinski definition) is 1. The summed E-state index contributed by atoms with van der Waals surface area (Å²) in [5, 5.41) is 3.55. The van der Waals surface area contributed by atoms with Crippen LogP contribution < -0.4 is 5.32 Å². The average molecular weight is 467 g/mol. The van der Waals surface area contributed by atoms with E-state index in [1.165, 1.54) is 18.2 Å². The average Bonchev–Trinajstić information content (AvgIpc) is 3.41. The van der Waals surface area contributed by atoms with E-state index in [2.05, 4.69) is 10.3 Å². The third kappa shape index (κ3) is 3.98. The number of benzene rings is 3. The van der Waals surface area contributed by atoms with Crippen LogP contribution in [0, 0.1) is 5.82 Å². The third-order valence-corrected chi connectivity index (χ3v) is 5.29. The number of nitrogens with zero attached hydrogens (tertiary/aromatic N) is 1. The second-order valence-electron chi connectivity index (χ2n) is 6.95. The first-order valence-electron chi connectivity index (χ1n) is 9.49. The van der Waals surface area contributed by atoms with Crippen LogP contribution in [0.2, 0.25) is 10.0 Å². The number of amides is 1. The summed E-state index contributed by atoms with van der Waals surface area (Å²) < 4.78 is 24.7. The molecule has 5 aromatic rings. The summed E-state index contributed by atoms with van der Waals surface area (Å²) in [7, 11) is 0. The molecule has 0 spiro atoms. The minimum atomic E-state index is -0.448. The molecule has 0 aliphatic heterocycles. The molecule has 1 N–H and O–H groups in total. The molecule has 2 heterocycles. The van der Waals surface area contributed by atoms with E-state index in [-0.39, 0.29) is 16.7 Å². The molecule has 0 saturated heterocycles. The number of furan rings is 1. The van der Waals surface area contributed by atoms with Gasteiger partial charge in [0.25, 0.3) is 5.91 Å². The van der Waals surface area contributed by atoms with Gasteiger partial charge >= 0.3 is 0 Å². The summed E-state index contributed by atoms with van der Waals surface area (Å²) in [5.41, 5.74) is 2.76. The summed E-state index contributed by atoms with van der Waals surface area (Å²) in [5.74, 6) is 0.0781. The molecule has 0 radical (unpaired) electrons. The normalized spacial score (nSPS) is 11.1. The molecular weight excluding hydrogens is 454 g/mol. The molecule has 0 bridgehead atoms. The molecule has 2 aromatic heterocycles. The molecule has 0 unspecified atom stereocenters. The number of halogens is 3. The van der Waals surface area contributed by atoms with E-state index < -0.39 is 11.7 Å². The zero-order valence-electron chi connectivity index (χ0n) is 16.2. The van der Waals surface area contributed by atoms with Gasteiger partial charge in [-0.15, -0.1) is 0 Å². The second kappa shape index (κ2) is 8.15. The molecule has 5 nitrogen and oxygen atoms in total. The van der Waals surface area contributed by atoms with Crippen molar-refractivity contribution in [2.45, 2.75) is 0 Å². The minimum Gasteiger partial charge on any atom is -0.451 e. The highest BCUT2D eigenvalue weighted by atomic mass is 35.5. The molecule has 0 aliphatic carbocycles. The number of nitrogens with one attached hydrogen (secondary N) is 1. The van der Waals surface area contributed by atoms with Crippen molar-refractivity contribution in [3.8, 4) is 22.8 Å². The zero-order chi connectivity index (χ0) is 22.2. The van der Waals surface area contributed by atoms with Crippen molar-refractivity contribution in [1.29, 1.82) is 0 Å². The standard InChI is InChI=1S/C24H13Cl2FN2O3/c25-14-3-1-2-13(10-14)20-8-9-22(31-20)23(30)28-16-5-7-21-19(12-16)29-24(32-21)17-6-4-15(27)11-18(17)26/h1-12H,(H,28,30). The number of anilines is 1. The molecule has 8 heteroatoms.